The number of pyridine rings is 1. The monoisotopic (exact) mass is 157 g/mol. The predicted octanol–water partition coefficient (Wildman–Crippen LogP) is 2.64. The highest BCUT2D eigenvalue weighted by molar-refractivity contribution is 5.25. The summed E-state index contributed by atoms with van der Waals surface area (Å²) >= 11 is 0. The summed E-state index contributed by atoms with van der Waals surface area (Å²) in [6, 6.07) is 1.42. The maximum Gasteiger partial charge on any atom is 0.264 e. The normalized spacial score (nSPS) is 10.6. The molecule has 0 aliphatic carbocycles. The molecule has 0 unspecified atom stereocenters. The molecule has 0 fully saturated rings. The van der Waals surface area contributed by atoms with Gasteiger partial charge in [0, 0.05) is 17.5 Å². The van der Waals surface area contributed by atoms with E-state index in [9.17, 15) is 8.78 Å². The van der Waals surface area contributed by atoms with Crippen molar-refractivity contribution >= 4 is 0 Å². The van der Waals surface area contributed by atoms with Crippen LogP contribution in [0, 0.1) is 13.8 Å². The van der Waals surface area contributed by atoms with Crippen molar-refractivity contribution < 1.29 is 8.78 Å². The van der Waals surface area contributed by atoms with E-state index >= 15 is 0 Å². The molecule has 0 bridgehead atoms. The van der Waals surface area contributed by atoms with Crippen LogP contribution in [-0.2, 0) is 0 Å². The van der Waals surface area contributed by atoms with Gasteiger partial charge < -0.3 is 0 Å². The molecule has 0 saturated carbocycles. The largest absolute Gasteiger partial charge is 0.264 e. The number of rotatable bonds is 1. The van der Waals surface area contributed by atoms with Crippen LogP contribution in [0.1, 0.15) is 23.2 Å². The van der Waals surface area contributed by atoms with Gasteiger partial charge in [0.2, 0.25) is 0 Å². The fraction of sp³-hybridized carbons (Fsp3) is 0.375. The lowest BCUT2D eigenvalue weighted by molar-refractivity contribution is 0.150. The van der Waals surface area contributed by atoms with Crippen molar-refractivity contribution in [2.45, 2.75) is 20.3 Å². The Hall–Kier alpha value is -0.990. The minimum atomic E-state index is -2.39. The first-order chi connectivity index (χ1) is 5.11. The highest BCUT2D eigenvalue weighted by atomic mass is 19.3. The third-order valence-electron chi connectivity index (χ3n) is 1.52. The Bertz CT molecular complexity index is 258. The quantitative estimate of drug-likeness (QED) is 0.610. The van der Waals surface area contributed by atoms with E-state index in [0.717, 1.165) is 0 Å². The van der Waals surface area contributed by atoms with Gasteiger partial charge in [0.1, 0.15) is 0 Å². The van der Waals surface area contributed by atoms with Gasteiger partial charge in [0.15, 0.2) is 0 Å². The molecule has 3 heteroatoms. The van der Waals surface area contributed by atoms with Gasteiger partial charge in [0.25, 0.3) is 6.43 Å². The smallest absolute Gasteiger partial charge is 0.261 e. The van der Waals surface area contributed by atoms with Crippen molar-refractivity contribution in [2.24, 2.45) is 0 Å². The standard InChI is InChI=1S/C8H9F2N/c1-5-4-11-6(2)3-7(5)8(9)10/h3-4,8H,1-2H3. The Kier molecular flexibility index (Phi) is 2.17. The van der Waals surface area contributed by atoms with Crippen LogP contribution < -0.4 is 0 Å². The first kappa shape index (κ1) is 8.11. The number of hydrogen-bond acceptors (Lipinski definition) is 1. The number of nitrogens with zero attached hydrogens (tertiary/aromatic N) is 1. The molecule has 0 N–H and O–H groups in total. The van der Waals surface area contributed by atoms with Gasteiger partial charge in [0.05, 0.1) is 0 Å². The van der Waals surface area contributed by atoms with Crippen LogP contribution in [0.25, 0.3) is 0 Å². The summed E-state index contributed by atoms with van der Waals surface area (Å²) in [6.07, 6.45) is -0.923. The molecule has 0 amide bonds. The highest BCUT2D eigenvalue weighted by Crippen LogP contribution is 2.21. The van der Waals surface area contributed by atoms with Gasteiger partial charge in [-0.1, -0.05) is 0 Å². The van der Waals surface area contributed by atoms with Crippen LogP contribution in [0.2, 0.25) is 0 Å². The van der Waals surface area contributed by atoms with E-state index in [2.05, 4.69) is 4.98 Å². The first-order valence-electron chi connectivity index (χ1n) is 3.32. The third-order valence-corrected chi connectivity index (χ3v) is 1.52. The Labute approximate surface area is 64.1 Å². The molecule has 0 atom stereocenters. The average molecular weight is 157 g/mol. The van der Waals surface area contributed by atoms with E-state index in [4.69, 9.17) is 0 Å². The van der Waals surface area contributed by atoms with Gasteiger partial charge in [-0.25, -0.2) is 8.78 Å². The van der Waals surface area contributed by atoms with Crippen LogP contribution in [0.4, 0.5) is 8.78 Å². The average Bonchev–Trinajstić information content (AvgIpc) is 1.94. The van der Waals surface area contributed by atoms with Crippen LogP contribution in [0.5, 0.6) is 0 Å². The zero-order valence-electron chi connectivity index (χ0n) is 6.44. The zero-order valence-corrected chi connectivity index (χ0v) is 6.44. The SMILES string of the molecule is Cc1cc(C(F)F)c(C)cn1. The molecule has 0 radical (unpaired) electrons. The van der Waals surface area contributed by atoms with Crippen LogP contribution >= 0.6 is 0 Å². The summed E-state index contributed by atoms with van der Waals surface area (Å²) < 4.78 is 24.4. The Morgan fingerprint density at radius 1 is 1.36 bits per heavy atom. The minimum absolute atomic E-state index is 0.0810. The van der Waals surface area contributed by atoms with Crippen molar-refractivity contribution in [1.82, 2.24) is 4.98 Å². The lowest BCUT2D eigenvalue weighted by atomic mass is 10.1. The Morgan fingerprint density at radius 3 is 2.45 bits per heavy atom. The second kappa shape index (κ2) is 2.95. The molecule has 1 aromatic rings. The van der Waals surface area contributed by atoms with E-state index in [-0.39, 0.29) is 5.56 Å². The van der Waals surface area contributed by atoms with Crippen molar-refractivity contribution in [3.8, 4) is 0 Å². The molecule has 1 rings (SSSR count). The van der Waals surface area contributed by atoms with Gasteiger partial charge >= 0.3 is 0 Å². The van der Waals surface area contributed by atoms with E-state index in [0.29, 0.717) is 11.3 Å². The summed E-state index contributed by atoms with van der Waals surface area (Å²) in [4.78, 5) is 3.89. The van der Waals surface area contributed by atoms with Crippen LogP contribution in [0.15, 0.2) is 12.3 Å². The van der Waals surface area contributed by atoms with Crippen molar-refractivity contribution in [3.05, 3.63) is 29.1 Å². The fourth-order valence-electron chi connectivity index (χ4n) is 0.884. The molecular formula is C8H9F2N. The van der Waals surface area contributed by atoms with Gasteiger partial charge in [-0.2, -0.15) is 0 Å². The van der Waals surface area contributed by atoms with E-state index in [1.807, 2.05) is 0 Å². The maximum atomic E-state index is 12.2. The molecule has 0 spiro atoms. The molecule has 0 aromatic carbocycles. The minimum Gasteiger partial charge on any atom is -0.261 e. The summed E-state index contributed by atoms with van der Waals surface area (Å²) in [5, 5.41) is 0. The van der Waals surface area contributed by atoms with Crippen LogP contribution in [-0.4, -0.2) is 4.98 Å². The first-order valence-corrected chi connectivity index (χ1v) is 3.32. The van der Waals surface area contributed by atoms with Crippen molar-refractivity contribution in [1.29, 1.82) is 0 Å². The zero-order chi connectivity index (χ0) is 8.43. The number of hydrogen-bond donors (Lipinski definition) is 0. The lowest BCUT2D eigenvalue weighted by Crippen LogP contribution is -1.92. The second-order valence-electron chi connectivity index (χ2n) is 2.48. The molecule has 0 aliphatic heterocycles. The number of halogens is 2. The summed E-state index contributed by atoms with van der Waals surface area (Å²) in [6.45, 7) is 3.33. The second-order valence-corrected chi connectivity index (χ2v) is 2.48. The maximum absolute atomic E-state index is 12.2. The summed E-state index contributed by atoms with van der Waals surface area (Å²) in [5.74, 6) is 0. The third kappa shape index (κ3) is 1.73. The molecule has 11 heavy (non-hydrogen) atoms. The molecule has 60 valence electrons. The molecule has 1 aromatic heterocycles. The molecule has 1 nitrogen and oxygen atoms in total. The topological polar surface area (TPSA) is 12.9 Å². The van der Waals surface area contributed by atoms with Crippen molar-refractivity contribution in [2.75, 3.05) is 0 Å². The van der Waals surface area contributed by atoms with Crippen molar-refractivity contribution in [3.63, 3.8) is 0 Å². The van der Waals surface area contributed by atoms with E-state index < -0.39 is 6.43 Å². The fourth-order valence-corrected chi connectivity index (χ4v) is 0.884. The van der Waals surface area contributed by atoms with Crippen LogP contribution in [0.3, 0.4) is 0 Å². The Balaban J connectivity index is 3.13. The number of aromatic nitrogens is 1. The van der Waals surface area contributed by atoms with Gasteiger partial charge in [-0.3, -0.25) is 4.98 Å². The Morgan fingerprint density at radius 2 is 2.00 bits per heavy atom. The van der Waals surface area contributed by atoms with E-state index in [1.54, 1.807) is 13.8 Å². The van der Waals surface area contributed by atoms with E-state index in [1.165, 1.54) is 12.3 Å². The number of alkyl halides is 2. The summed E-state index contributed by atoms with van der Waals surface area (Å²) in [7, 11) is 0. The lowest BCUT2D eigenvalue weighted by Gasteiger charge is -2.03. The molecule has 0 saturated heterocycles. The molecule has 1 heterocycles. The molecular weight excluding hydrogens is 148 g/mol. The predicted molar refractivity (Wildman–Crippen MR) is 38.7 cm³/mol. The number of aryl methyl sites for hydroxylation is 2. The van der Waals surface area contributed by atoms with Gasteiger partial charge in [-0.05, 0) is 25.5 Å². The van der Waals surface area contributed by atoms with Gasteiger partial charge in [-0.15, -0.1) is 0 Å². The highest BCUT2D eigenvalue weighted by Gasteiger charge is 2.09. The molecule has 0 aliphatic rings. The summed E-state index contributed by atoms with van der Waals surface area (Å²) in [5.41, 5.74) is 1.26.